The molecule has 1 aliphatic rings. The van der Waals surface area contributed by atoms with Crippen molar-refractivity contribution in [3.63, 3.8) is 0 Å². The van der Waals surface area contributed by atoms with Crippen LogP contribution in [-0.4, -0.2) is 28.9 Å². The molecule has 3 aromatic rings. The standard InChI is InChI=1S/C26H27F6N5O/c27-25(28,29)21-7-3-2-6-19(21)20-15-36-24(37-23(20)34-13-16-9-11-18(33)12-10-16)35-14-17-5-1-4-8-22(17)38-26(30,31)32/h1-8,15-16,18H,9-14,33H2,(H2,34,35,36,37). The lowest BCUT2D eigenvalue weighted by Gasteiger charge is -2.26. The van der Waals surface area contributed by atoms with Gasteiger partial charge in [-0.1, -0.05) is 36.4 Å². The van der Waals surface area contributed by atoms with E-state index >= 15 is 0 Å². The number of anilines is 2. The molecule has 1 saturated carbocycles. The SMILES string of the molecule is NC1CCC(CNc2nc(NCc3ccccc3OC(F)(F)F)ncc2-c2ccccc2C(F)(F)F)CC1. The van der Waals surface area contributed by atoms with E-state index < -0.39 is 18.1 Å². The van der Waals surface area contributed by atoms with Gasteiger partial charge in [0.05, 0.1) is 5.56 Å². The first kappa shape index (κ1) is 27.5. The largest absolute Gasteiger partial charge is 0.573 e. The van der Waals surface area contributed by atoms with Crippen molar-refractivity contribution in [3.8, 4) is 16.9 Å². The van der Waals surface area contributed by atoms with Crippen LogP contribution in [0.1, 0.15) is 36.8 Å². The molecule has 1 heterocycles. The number of halogens is 6. The van der Waals surface area contributed by atoms with Gasteiger partial charge in [0.2, 0.25) is 5.95 Å². The number of hydrogen-bond donors (Lipinski definition) is 3. The normalized spacial score (nSPS) is 18.2. The average molecular weight is 540 g/mol. The Morgan fingerprint density at radius 2 is 1.55 bits per heavy atom. The Bertz CT molecular complexity index is 1230. The summed E-state index contributed by atoms with van der Waals surface area (Å²) in [6.45, 7) is 0.372. The van der Waals surface area contributed by atoms with Gasteiger partial charge in [-0.15, -0.1) is 13.2 Å². The van der Waals surface area contributed by atoms with Crippen LogP contribution in [0.15, 0.2) is 54.7 Å². The fraction of sp³-hybridized carbons (Fsp3) is 0.385. The highest BCUT2D eigenvalue weighted by atomic mass is 19.4. The maximum absolute atomic E-state index is 13.7. The van der Waals surface area contributed by atoms with Crippen LogP contribution in [0.2, 0.25) is 0 Å². The van der Waals surface area contributed by atoms with E-state index in [0.717, 1.165) is 31.7 Å². The van der Waals surface area contributed by atoms with Gasteiger partial charge in [0, 0.05) is 36.5 Å². The van der Waals surface area contributed by atoms with Gasteiger partial charge in [-0.3, -0.25) is 0 Å². The fourth-order valence-electron chi connectivity index (χ4n) is 4.45. The molecule has 1 fully saturated rings. The zero-order valence-corrected chi connectivity index (χ0v) is 20.2. The molecule has 6 nitrogen and oxygen atoms in total. The Labute approximate surface area is 215 Å². The Morgan fingerprint density at radius 1 is 0.868 bits per heavy atom. The molecule has 12 heteroatoms. The second-order valence-electron chi connectivity index (χ2n) is 9.17. The van der Waals surface area contributed by atoms with E-state index in [1.807, 2.05) is 0 Å². The average Bonchev–Trinajstić information content (AvgIpc) is 2.86. The number of benzene rings is 2. The minimum absolute atomic E-state index is 0.0354. The van der Waals surface area contributed by atoms with Crippen molar-refractivity contribution in [3.05, 3.63) is 65.9 Å². The molecule has 4 N–H and O–H groups in total. The molecular weight excluding hydrogens is 512 g/mol. The second-order valence-corrected chi connectivity index (χ2v) is 9.17. The van der Waals surface area contributed by atoms with E-state index in [1.165, 1.54) is 42.6 Å². The minimum atomic E-state index is -4.86. The number of rotatable bonds is 8. The summed E-state index contributed by atoms with van der Waals surface area (Å²) in [7, 11) is 0. The fourth-order valence-corrected chi connectivity index (χ4v) is 4.45. The molecule has 1 aromatic heterocycles. The van der Waals surface area contributed by atoms with E-state index in [-0.39, 0.29) is 52.7 Å². The summed E-state index contributed by atoms with van der Waals surface area (Å²) < 4.78 is 83.6. The number of aromatic nitrogens is 2. The first-order valence-electron chi connectivity index (χ1n) is 12.1. The van der Waals surface area contributed by atoms with E-state index in [1.54, 1.807) is 6.07 Å². The Balaban J connectivity index is 1.61. The number of hydrogen-bond acceptors (Lipinski definition) is 6. The first-order chi connectivity index (χ1) is 18.0. The zero-order chi connectivity index (χ0) is 27.3. The quantitative estimate of drug-likeness (QED) is 0.280. The maximum atomic E-state index is 13.7. The molecule has 0 atom stereocenters. The van der Waals surface area contributed by atoms with Gasteiger partial charge in [-0.05, 0) is 49.3 Å². The van der Waals surface area contributed by atoms with Gasteiger partial charge in [0.1, 0.15) is 11.6 Å². The maximum Gasteiger partial charge on any atom is 0.573 e. The van der Waals surface area contributed by atoms with Crippen LogP contribution in [0.5, 0.6) is 5.75 Å². The molecule has 38 heavy (non-hydrogen) atoms. The summed E-state index contributed by atoms with van der Waals surface area (Å²) in [6, 6.07) is 10.9. The number of nitrogens with zero attached hydrogens (tertiary/aromatic N) is 2. The van der Waals surface area contributed by atoms with Gasteiger partial charge in [0.25, 0.3) is 0 Å². The van der Waals surface area contributed by atoms with Crippen LogP contribution >= 0.6 is 0 Å². The van der Waals surface area contributed by atoms with Gasteiger partial charge in [-0.2, -0.15) is 18.2 Å². The third kappa shape index (κ3) is 7.27. The number of nitrogens with one attached hydrogen (secondary N) is 2. The molecule has 0 radical (unpaired) electrons. The molecule has 0 spiro atoms. The third-order valence-electron chi connectivity index (χ3n) is 6.40. The number of ether oxygens (including phenoxy) is 1. The summed E-state index contributed by atoms with van der Waals surface area (Å²) >= 11 is 0. The predicted octanol–water partition coefficient (Wildman–Crippen LogP) is 6.60. The van der Waals surface area contributed by atoms with Crippen LogP contribution in [0.4, 0.5) is 38.1 Å². The highest BCUT2D eigenvalue weighted by molar-refractivity contribution is 5.78. The van der Waals surface area contributed by atoms with E-state index in [9.17, 15) is 26.3 Å². The highest BCUT2D eigenvalue weighted by Gasteiger charge is 2.34. The molecule has 2 aromatic carbocycles. The number of para-hydroxylation sites is 1. The summed E-state index contributed by atoms with van der Waals surface area (Å²) in [6.07, 6.45) is -4.67. The van der Waals surface area contributed by atoms with Crippen molar-refractivity contribution >= 4 is 11.8 Å². The van der Waals surface area contributed by atoms with Crippen LogP contribution in [0.25, 0.3) is 11.1 Å². The molecule has 0 bridgehead atoms. The molecule has 0 unspecified atom stereocenters. The Morgan fingerprint density at radius 3 is 2.26 bits per heavy atom. The lowest BCUT2D eigenvalue weighted by Crippen LogP contribution is -2.29. The molecule has 204 valence electrons. The topological polar surface area (TPSA) is 85.1 Å². The van der Waals surface area contributed by atoms with E-state index in [0.29, 0.717) is 6.54 Å². The summed E-state index contributed by atoms with van der Waals surface area (Å²) in [5, 5.41) is 6.03. The zero-order valence-electron chi connectivity index (χ0n) is 20.2. The minimum Gasteiger partial charge on any atom is -0.405 e. The van der Waals surface area contributed by atoms with Gasteiger partial charge >= 0.3 is 12.5 Å². The van der Waals surface area contributed by atoms with Crippen LogP contribution in [-0.2, 0) is 12.7 Å². The molecule has 0 aliphatic heterocycles. The smallest absolute Gasteiger partial charge is 0.405 e. The van der Waals surface area contributed by atoms with Crippen LogP contribution in [0.3, 0.4) is 0 Å². The van der Waals surface area contributed by atoms with E-state index in [4.69, 9.17) is 5.73 Å². The van der Waals surface area contributed by atoms with Gasteiger partial charge < -0.3 is 21.1 Å². The van der Waals surface area contributed by atoms with Crippen molar-refractivity contribution in [1.29, 1.82) is 0 Å². The highest BCUT2D eigenvalue weighted by Crippen LogP contribution is 2.39. The lowest BCUT2D eigenvalue weighted by molar-refractivity contribution is -0.274. The monoisotopic (exact) mass is 539 g/mol. The Hall–Kier alpha value is -3.54. The number of nitrogens with two attached hydrogens (primary N) is 1. The van der Waals surface area contributed by atoms with E-state index in [2.05, 4.69) is 25.3 Å². The molecule has 0 saturated heterocycles. The van der Waals surface area contributed by atoms with Crippen molar-refractivity contribution in [2.75, 3.05) is 17.2 Å². The molecule has 1 aliphatic carbocycles. The van der Waals surface area contributed by atoms with Crippen molar-refractivity contribution in [2.24, 2.45) is 11.7 Å². The predicted molar refractivity (Wildman–Crippen MR) is 131 cm³/mol. The molecular formula is C26H27F6N5O. The summed E-state index contributed by atoms with van der Waals surface area (Å²) in [5.41, 5.74) is 5.44. The second kappa shape index (κ2) is 11.5. The van der Waals surface area contributed by atoms with Crippen molar-refractivity contribution in [1.82, 2.24) is 9.97 Å². The summed E-state index contributed by atoms with van der Waals surface area (Å²) in [5.74, 6) is 0.123. The lowest BCUT2D eigenvalue weighted by atomic mass is 9.86. The third-order valence-corrected chi connectivity index (χ3v) is 6.40. The summed E-state index contributed by atoms with van der Waals surface area (Å²) in [4.78, 5) is 8.56. The Kier molecular flexibility index (Phi) is 8.29. The van der Waals surface area contributed by atoms with Crippen molar-refractivity contribution in [2.45, 2.75) is 50.8 Å². The van der Waals surface area contributed by atoms with Crippen molar-refractivity contribution < 1.29 is 31.1 Å². The first-order valence-corrected chi connectivity index (χ1v) is 12.1. The van der Waals surface area contributed by atoms with Gasteiger partial charge in [0.15, 0.2) is 0 Å². The van der Waals surface area contributed by atoms with Gasteiger partial charge in [-0.25, -0.2) is 4.98 Å². The van der Waals surface area contributed by atoms with Crippen LogP contribution in [0, 0.1) is 5.92 Å². The van der Waals surface area contributed by atoms with Crippen LogP contribution < -0.4 is 21.1 Å². The molecule has 0 amide bonds. The number of alkyl halides is 6. The molecule has 4 rings (SSSR count).